The molecule has 1 aromatic rings. The Bertz CT molecular complexity index is 361. The quantitative estimate of drug-likeness (QED) is 0.767. The van der Waals surface area contributed by atoms with E-state index >= 15 is 0 Å². The number of rotatable bonds is 2. The summed E-state index contributed by atoms with van der Waals surface area (Å²) < 4.78 is 0. The first-order chi connectivity index (χ1) is 6.88. The number of aliphatic hydroxyl groups is 1. The summed E-state index contributed by atoms with van der Waals surface area (Å²) in [7, 11) is 0. The molecule has 0 aromatic carbocycles. The number of hydrogen-bond acceptors (Lipinski definition) is 2. The minimum Gasteiger partial charge on any atom is -0.396 e. The van der Waals surface area contributed by atoms with Crippen LogP contribution in [0.3, 0.4) is 0 Å². The molecular formula is C12H15NO. The summed E-state index contributed by atoms with van der Waals surface area (Å²) in [5, 5.41) is 9.00. The molecule has 3 rings (SSSR count). The van der Waals surface area contributed by atoms with Crippen molar-refractivity contribution in [3.05, 3.63) is 29.1 Å². The third kappa shape index (κ3) is 1.25. The molecule has 1 N–H and O–H groups in total. The van der Waals surface area contributed by atoms with Gasteiger partial charge < -0.3 is 5.11 Å². The Morgan fingerprint density at radius 2 is 2.29 bits per heavy atom. The fourth-order valence-electron chi connectivity index (χ4n) is 2.46. The molecule has 0 radical (unpaired) electrons. The number of hydrogen-bond donors (Lipinski definition) is 1. The van der Waals surface area contributed by atoms with Crippen molar-refractivity contribution in [1.82, 2.24) is 4.98 Å². The molecule has 74 valence electrons. The summed E-state index contributed by atoms with van der Waals surface area (Å²) in [4.78, 5) is 4.70. The van der Waals surface area contributed by atoms with Gasteiger partial charge in [-0.25, -0.2) is 0 Å². The molecule has 2 aliphatic carbocycles. The van der Waals surface area contributed by atoms with E-state index in [-0.39, 0.29) is 0 Å². The summed E-state index contributed by atoms with van der Waals surface area (Å²) in [5.74, 6) is 1.04. The molecule has 0 spiro atoms. The van der Waals surface area contributed by atoms with Crippen LogP contribution in [0.2, 0.25) is 0 Å². The van der Waals surface area contributed by atoms with Crippen molar-refractivity contribution in [2.45, 2.75) is 31.6 Å². The van der Waals surface area contributed by atoms with Gasteiger partial charge in [0.1, 0.15) is 0 Å². The minimum absolute atomic E-state index is 0.323. The van der Waals surface area contributed by atoms with Gasteiger partial charge in [0.15, 0.2) is 0 Å². The maximum Gasteiger partial charge on any atom is 0.0465 e. The number of aliphatic hydroxyl groups excluding tert-OH is 1. The Hall–Kier alpha value is -0.890. The summed E-state index contributed by atoms with van der Waals surface area (Å²) in [5.41, 5.74) is 3.96. The van der Waals surface area contributed by atoms with E-state index < -0.39 is 0 Å². The highest BCUT2D eigenvalue weighted by molar-refractivity contribution is 5.30. The zero-order valence-corrected chi connectivity index (χ0v) is 8.24. The lowest BCUT2D eigenvalue weighted by molar-refractivity contribution is 0.273. The number of aryl methyl sites for hydroxylation is 2. The lowest BCUT2D eigenvalue weighted by Gasteiger charge is -2.02. The average molecular weight is 189 g/mol. The van der Waals surface area contributed by atoms with Gasteiger partial charge >= 0.3 is 0 Å². The SMILES string of the molecule is OCC1CC1c1ccc2c(n1)CCC2. The molecule has 2 heteroatoms. The van der Waals surface area contributed by atoms with E-state index in [0.29, 0.717) is 18.4 Å². The van der Waals surface area contributed by atoms with Crippen LogP contribution in [0.4, 0.5) is 0 Å². The molecule has 0 bridgehead atoms. The zero-order chi connectivity index (χ0) is 9.54. The first-order valence-corrected chi connectivity index (χ1v) is 5.48. The molecule has 14 heavy (non-hydrogen) atoms. The normalized spacial score (nSPS) is 28.9. The van der Waals surface area contributed by atoms with E-state index in [1.54, 1.807) is 0 Å². The van der Waals surface area contributed by atoms with E-state index in [0.717, 1.165) is 12.8 Å². The van der Waals surface area contributed by atoms with Crippen molar-refractivity contribution in [2.75, 3.05) is 6.61 Å². The second-order valence-electron chi connectivity index (χ2n) is 4.48. The Balaban J connectivity index is 1.87. The molecule has 2 aliphatic rings. The topological polar surface area (TPSA) is 33.1 Å². The molecule has 1 fully saturated rings. The fourth-order valence-corrected chi connectivity index (χ4v) is 2.46. The maximum atomic E-state index is 9.00. The van der Waals surface area contributed by atoms with Crippen LogP contribution in [-0.2, 0) is 12.8 Å². The van der Waals surface area contributed by atoms with Crippen LogP contribution in [0.5, 0.6) is 0 Å². The Morgan fingerprint density at radius 1 is 1.36 bits per heavy atom. The molecule has 1 aromatic heterocycles. The molecular weight excluding hydrogens is 174 g/mol. The lowest BCUT2D eigenvalue weighted by atomic mass is 10.1. The van der Waals surface area contributed by atoms with E-state index in [1.807, 2.05) is 0 Å². The monoisotopic (exact) mass is 189 g/mol. The zero-order valence-electron chi connectivity index (χ0n) is 8.24. The molecule has 2 atom stereocenters. The fraction of sp³-hybridized carbons (Fsp3) is 0.583. The van der Waals surface area contributed by atoms with E-state index in [2.05, 4.69) is 12.1 Å². The Morgan fingerprint density at radius 3 is 3.07 bits per heavy atom. The third-order valence-electron chi connectivity index (χ3n) is 3.49. The summed E-state index contributed by atoms with van der Waals surface area (Å²) in [6.45, 7) is 0.323. The largest absolute Gasteiger partial charge is 0.396 e. The van der Waals surface area contributed by atoms with Crippen LogP contribution >= 0.6 is 0 Å². The molecule has 0 amide bonds. The van der Waals surface area contributed by atoms with Crippen molar-refractivity contribution in [3.63, 3.8) is 0 Å². The van der Waals surface area contributed by atoms with Gasteiger partial charge in [0.25, 0.3) is 0 Å². The maximum absolute atomic E-state index is 9.00. The van der Waals surface area contributed by atoms with Gasteiger partial charge in [-0.15, -0.1) is 0 Å². The van der Waals surface area contributed by atoms with E-state index in [1.165, 1.54) is 29.8 Å². The van der Waals surface area contributed by atoms with Gasteiger partial charge in [-0.2, -0.15) is 0 Å². The highest BCUT2D eigenvalue weighted by Crippen LogP contribution is 2.46. The number of pyridine rings is 1. The van der Waals surface area contributed by atoms with Gasteiger partial charge in [-0.05, 0) is 43.2 Å². The first kappa shape index (κ1) is 8.42. The van der Waals surface area contributed by atoms with Crippen LogP contribution in [0.1, 0.15) is 35.7 Å². The molecule has 0 saturated heterocycles. The number of nitrogens with zero attached hydrogens (tertiary/aromatic N) is 1. The van der Waals surface area contributed by atoms with Gasteiger partial charge in [0, 0.05) is 23.9 Å². The number of aromatic nitrogens is 1. The summed E-state index contributed by atoms with van der Waals surface area (Å²) in [6, 6.07) is 4.39. The van der Waals surface area contributed by atoms with E-state index in [9.17, 15) is 0 Å². The first-order valence-electron chi connectivity index (χ1n) is 5.48. The van der Waals surface area contributed by atoms with Crippen LogP contribution in [0.25, 0.3) is 0 Å². The lowest BCUT2D eigenvalue weighted by Crippen LogP contribution is -1.96. The molecule has 2 unspecified atom stereocenters. The van der Waals surface area contributed by atoms with Crippen molar-refractivity contribution in [2.24, 2.45) is 5.92 Å². The van der Waals surface area contributed by atoms with Crippen molar-refractivity contribution >= 4 is 0 Å². The second kappa shape index (κ2) is 3.06. The van der Waals surface area contributed by atoms with Crippen LogP contribution in [0, 0.1) is 5.92 Å². The molecule has 2 nitrogen and oxygen atoms in total. The van der Waals surface area contributed by atoms with Gasteiger partial charge in [0.05, 0.1) is 0 Å². The van der Waals surface area contributed by atoms with Gasteiger partial charge in [-0.1, -0.05) is 6.07 Å². The molecule has 1 heterocycles. The third-order valence-corrected chi connectivity index (χ3v) is 3.49. The molecule has 1 saturated carbocycles. The predicted octanol–water partition coefficient (Wildman–Crippen LogP) is 1.67. The van der Waals surface area contributed by atoms with Crippen molar-refractivity contribution < 1.29 is 5.11 Å². The highest BCUT2D eigenvalue weighted by Gasteiger charge is 2.38. The van der Waals surface area contributed by atoms with Crippen molar-refractivity contribution in [1.29, 1.82) is 0 Å². The second-order valence-corrected chi connectivity index (χ2v) is 4.48. The standard InChI is InChI=1S/C12H15NO/c14-7-9-6-10(9)12-5-4-8-2-1-3-11(8)13-12/h4-5,9-10,14H,1-3,6-7H2. The van der Waals surface area contributed by atoms with Gasteiger partial charge in [0.2, 0.25) is 0 Å². The van der Waals surface area contributed by atoms with E-state index in [4.69, 9.17) is 10.1 Å². The van der Waals surface area contributed by atoms with Crippen molar-refractivity contribution in [3.8, 4) is 0 Å². The Labute approximate surface area is 84.0 Å². The smallest absolute Gasteiger partial charge is 0.0465 e. The number of fused-ring (bicyclic) bond motifs is 1. The predicted molar refractivity (Wildman–Crippen MR) is 54.2 cm³/mol. The summed E-state index contributed by atoms with van der Waals surface area (Å²) in [6.07, 6.45) is 4.75. The minimum atomic E-state index is 0.323. The van der Waals surface area contributed by atoms with Crippen LogP contribution in [0.15, 0.2) is 12.1 Å². The van der Waals surface area contributed by atoms with Crippen LogP contribution < -0.4 is 0 Å². The summed E-state index contributed by atoms with van der Waals surface area (Å²) >= 11 is 0. The van der Waals surface area contributed by atoms with Crippen LogP contribution in [-0.4, -0.2) is 16.7 Å². The Kier molecular flexibility index (Phi) is 1.84. The highest BCUT2D eigenvalue weighted by atomic mass is 16.3. The molecule has 0 aliphatic heterocycles. The van der Waals surface area contributed by atoms with Gasteiger partial charge in [-0.3, -0.25) is 4.98 Å². The average Bonchev–Trinajstić information content (AvgIpc) is 2.87.